The number of hydrogen-bond acceptors (Lipinski definition) is 5. The second-order valence-electron chi connectivity index (χ2n) is 6.01. The van der Waals surface area contributed by atoms with Crippen molar-refractivity contribution < 1.29 is 4.79 Å². The van der Waals surface area contributed by atoms with Crippen LogP contribution in [0.1, 0.15) is 11.1 Å². The van der Waals surface area contributed by atoms with E-state index in [0.717, 1.165) is 11.1 Å². The summed E-state index contributed by atoms with van der Waals surface area (Å²) in [4.78, 5) is 14.1. The Morgan fingerprint density at radius 2 is 1.81 bits per heavy atom. The molecule has 3 aromatic rings. The molecular weight excluding hydrogens is 346 g/mol. The van der Waals surface area contributed by atoms with E-state index in [9.17, 15) is 4.79 Å². The lowest BCUT2D eigenvalue weighted by atomic mass is 10.1. The Bertz CT molecular complexity index is 894. The molecule has 0 fully saturated rings. The van der Waals surface area contributed by atoms with Gasteiger partial charge >= 0.3 is 0 Å². The molecule has 1 heterocycles. The SMILES string of the molecule is Cc1ccccc1CN(C)C(=O)CSc1nnc(-c2ccccc2)n1N. The second kappa shape index (κ2) is 8.05. The molecule has 1 aromatic heterocycles. The lowest BCUT2D eigenvalue weighted by molar-refractivity contribution is -0.127. The molecular formula is C19H21N5OS. The molecule has 2 aromatic carbocycles. The summed E-state index contributed by atoms with van der Waals surface area (Å²) in [7, 11) is 1.80. The Kier molecular flexibility index (Phi) is 5.58. The fourth-order valence-corrected chi connectivity index (χ4v) is 3.32. The van der Waals surface area contributed by atoms with E-state index >= 15 is 0 Å². The first-order chi connectivity index (χ1) is 12.6. The maximum atomic E-state index is 12.4. The smallest absolute Gasteiger partial charge is 0.233 e. The van der Waals surface area contributed by atoms with Crippen LogP contribution in [0.2, 0.25) is 0 Å². The number of nitrogens with two attached hydrogens (primary N) is 1. The van der Waals surface area contributed by atoms with Crippen LogP contribution in [0.25, 0.3) is 11.4 Å². The highest BCUT2D eigenvalue weighted by atomic mass is 32.2. The number of benzene rings is 2. The normalized spacial score (nSPS) is 10.7. The Morgan fingerprint density at radius 3 is 2.54 bits per heavy atom. The number of aromatic nitrogens is 3. The van der Waals surface area contributed by atoms with Gasteiger partial charge in [-0.3, -0.25) is 4.79 Å². The lowest BCUT2D eigenvalue weighted by Gasteiger charge is -2.18. The van der Waals surface area contributed by atoms with E-state index < -0.39 is 0 Å². The van der Waals surface area contributed by atoms with Crippen LogP contribution in [-0.4, -0.2) is 38.5 Å². The van der Waals surface area contributed by atoms with Gasteiger partial charge in [0.05, 0.1) is 5.75 Å². The number of carbonyl (C=O) groups is 1. The molecule has 0 aliphatic heterocycles. The lowest BCUT2D eigenvalue weighted by Crippen LogP contribution is -2.28. The first-order valence-corrected chi connectivity index (χ1v) is 9.22. The van der Waals surface area contributed by atoms with Gasteiger partial charge in [0.1, 0.15) is 0 Å². The molecule has 0 atom stereocenters. The first-order valence-electron chi connectivity index (χ1n) is 8.23. The number of nitrogen functional groups attached to an aromatic ring is 1. The van der Waals surface area contributed by atoms with Gasteiger partial charge in [-0.05, 0) is 18.1 Å². The van der Waals surface area contributed by atoms with Crippen molar-refractivity contribution in [2.45, 2.75) is 18.6 Å². The maximum Gasteiger partial charge on any atom is 0.233 e. The Labute approximate surface area is 157 Å². The Hall–Kier alpha value is -2.80. The third-order valence-corrected chi connectivity index (χ3v) is 5.04. The highest BCUT2D eigenvalue weighted by Gasteiger charge is 2.16. The van der Waals surface area contributed by atoms with Crippen molar-refractivity contribution in [3.8, 4) is 11.4 Å². The second-order valence-corrected chi connectivity index (χ2v) is 6.95. The zero-order valence-corrected chi connectivity index (χ0v) is 15.6. The highest BCUT2D eigenvalue weighted by molar-refractivity contribution is 7.99. The molecule has 134 valence electrons. The number of rotatable bonds is 6. The maximum absolute atomic E-state index is 12.4. The number of thioether (sulfide) groups is 1. The molecule has 0 unspecified atom stereocenters. The van der Waals surface area contributed by atoms with Crippen molar-refractivity contribution in [1.29, 1.82) is 0 Å². The molecule has 1 amide bonds. The summed E-state index contributed by atoms with van der Waals surface area (Å²) in [5.41, 5.74) is 3.20. The van der Waals surface area contributed by atoms with Crippen LogP contribution in [0.3, 0.4) is 0 Å². The minimum absolute atomic E-state index is 0.0162. The molecule has 0 spiro atoms. The first kappa shape index (κ1) is 18.0. The monoisotopic (exact) mass is 367 g/mol. The number of hydrogen-bond donors (Lipinski definition) is 1. The van der Waals surface area contributed by atoms with Gasteiger partial charge in [0.15, 0.2) is 5.82 Å². The standard InChI is InChI=1S/C19H21N5OS/c1-14-8-6-7-11-16(14)12-23(2)17(25)13-26-19-22-21-18(24(19)20)15-9-4-3-5-10-15/h3-11H,12-13,20H2,1-2H3. The average Bonchev–Trinajstić information content (AvgIpc) is 3.03. The minimum atomic E-state index is 0.0162. The zero-order valence-electron chi connectivity index (χ0n) is 14.8. The van der Waals surface area contributed by atoms with Crippen molar-refractivity contribution in [3.63, 3.8) is 0 Å². The van der Waals surface area contributed by atoms with Crippen LogP contribution in [-0.2, 0) is 11.3 Å². The molecule has 2 N–H and O–H groups in total. The molecule has 7 heteroatoms. The summed E-state index contributed by atoms with van der Waals surface area (Å²) in [5, 5.41) is 8.75. The van der Waals surface area contributed by atoms with Gasteiger partial charge in [0, 0.05) is 19.2 Å². The molecule has 0 saturated carbocycles. The van der Waals surface area contributed by atoms with Gasteiger partial charge in [0.2, 0.25) is 11.1 Å². The Balaban J connectivity index is 1.61. The third-order valence-electron chi connectivity index (χ3n) is 4.12. The summed E-state index contributed by atoms with van der Waals surface area (Å²) in [6, 6.07) is 17.7. The quantitative estimate of drug-likeness (QED) is 0.535. The summed E-state index contributed by atoms with van der Waals surface area (Å²) in [6.45, 7) is 2.63. The van der Waals surface area contributed by atoms with Gasteiger partial charge in [0.25, 0.3) is 0 Å². The van der Waals surface area contributed by atoms with E-state index in [1.165, 1.54) is 22.0 Å². The van der Waals surface area contributed by atoms with E-state index in [1.54, 1.807) is 11.9 Å². The number of aryl methyl sites for hydroxylation is 1. The molecule has 3 rings (SSSR count). The van der Waals surface area contributed by atoms with Crippen LogP contribution in [0, 0.1) is 6.92 Å². The summed E-state index contributed by atoms with van der Waals surface area (Å²) in [5.74, 6) is 6.94. The van der Waals surface area contributed by atoms with Crippen molar-refractivity contribution in [2.24, 2.45) is 0 Å². The molecule has 6 nitrogen and oxygen atoms in total. The van der Waals surface area contributed by atoms with Crippen LogP contribution in [0.15, 0.2) is 59.8 Å². The third kappa shape index (κ3) is 4.05. The van der Waals surface area contributed by atoms with Crippen LogP contribution in [0.5, 0.6) is 0 Å². The van der Waals surface area contributed by atoms with E-state index in [4.69, 9.17) is 5.84 Å². The largest absolute Gasteiger partial charge is 0.341 e. The molecule has 0 bridgehead atoms. The predicted molar refractivity (Wildman–Crippen MR) is 104 cm³/mol. The molecule has 0 aliphatic carbocycles. The molecule has 0 radical (unpaired) electrons. The summed E-state index contributed by atoms with van der Waals surface area (Å²) < 4.78 is 1.43. The van der Waals surface area contributed by atoms with Gasteiger partial charge in [-0.15, -0.1) is 10.2 Å². The Morgan fingerprint density at radius 1 is 1.12 bits per heavy atom. The van der Waals surface area contributed by atoms with Crippen molar-refractivity contribution >= 4 is 17.7 Å². The zero-order chi connectivity index (χ0) is 18.5. The molecule has 0 aliphatic rings. The van der Waals surface area contributed by atoms with E-state index in [1.807, 2.05) is 61.5 Å². The van der Waals surface area contributed by atoms with Crippen molar-refractivity contribution in [3.05, 3.63) is 65.7 Å². The summed E-state index contributed by atoms with van der Waals surface area (Å²) >= 11 is 1.29. The molecule has 26 heavy (non-hydrogen) atoms. The van der Waals surface area contributed by atoms with Crippen LogP contribution < -0.4 is 5.84 Å². The summed E-state index contributed by atoms with van der Waals surface area (Å²) in [6.07, 6.45) is 0. The van der Waals surface area contributed by atoms with Crippen LogP contribution in [0.4, 0.5) is 0 Å². The fourth-order valence-electron chi connectivity index (χ4n) is 2.53. The molecule has 0 saturated heterocycles. The van der Waals surface area contributed by atoms with E-state index in [2.05, 4.69) is 10.2 Å². The average molecular weight is 367 g/mol. The van der Waals surface area contributed by atoms with Crippen LogP contribution >= 0.6 is 11.8 Å². The van der Waals surface area contributed by atoms with Gasteiger partial charge in [-0.25, -0.2) is 4.68 Å². The van der Waals surface area contributed by atoms with E-state index in [0.29, 0.717) is 17.5 Å². The topological polar surface area (TPSA) is 77.0 Å². The van der Waals surface area contributed by atoms with Gasteiger partial charge < -0.3 is 10.7 Å². The number of carbonyl (C=O) groups excluding carboxylic acids is 1. The van der Waals surface area contributed by atoms with Gasteiger partial charge in [-0.1, -0.05) is 66.4 Å². The van der Waals surface area contributed by atoms with Crippen molar-refractivity contribution in [2.75, 3.05) is 18.6 Å². The number of amides is 1. The van der Waals surface area contributed by atoms with Gasteiger partial charge in [-0.2, -0.15) is 0 Å². The predicted octanol–water partition coefficient (Wildman–Crippen LogP) is 2.72. The minimum Gasteiger partial charge on any atom is -0.341 e. The number of nitrogens with zero attached hydrogens (tertiary/aromatic N) is 4. The van der Waals surface area contributed by atoms with Crippen molar-refractivity contribution in [1.82, 2.24) is 19.8 Å². The highest BCUT2D eigenvalue weighted by Crippen LogP contribution is 2.21. The van der Waals surface area contributed by atoms with E-state index in [-0.39, 0.29) is 11.7 Å². The fraction of sp³-hybridized carbons (Fsp3) is 0.211.